The van der Waals surface area contributed by atoms with Gasteiger partial charge in [-0.15, -0.1) is 11.3 Å². The smallest absolute Gasteiger partial charge is 0.339 e. The van der Waals surface area contributed by atoms with E-state index in [-0.39, 0.29) is 18.5 Å². The first-order chi connectivity index (χ1) is 16.6. The summed E-state index contributed by atoms with van der Waals surface area (Å²) in [5.74, 6) is -0.0000334. The van der Waals surface area contributed by atoms with Crippen molar-refractivity contribution >= 4 is 44.9 Å². The number of aromatic nitrogens is 2. The van der Waals surface area contributed by atoms with Gasteiger partial charge in [0.2, 0.25) is 5.91 Å². The molecule has 172 valence electrons. The number of ether oxygens (including phenoxy) is 2. The quantitative estimate of drug-likeness (QED) is 0.357. The van der Waals surface area contributed by atoms with E-state index in [0.717, 1.165) is 41.4 Å². The lowest BCUT2D eigenvalue weighted by atomic mass is 10.0. The number of carbonyl (C=O) groups is 2. The normalized spacial score (nSPS) is 12.4. The van der Waals surface area contributed by atoms with E-state index in [1.807, 2.05) is 36.4 Å². The molecule has 2 aromatic carbocycles. The Labute approximate surface area is 201 Å². The van der Waals surface area contributed by atoms with E-state index in [0.29, 0.717) is 27.8 Å². The number of thiazole rings is 1. The van der Waals surface area contributed by atoms with Gasteiger partial charge in [0.1, 0.15) is 12.4 Å². The maximum atomic E-state index is 13.2. The number of carbonyl (C=O) groups excluding carboxylic acids is 2. The van der Waals surface area contributed by atoms with E-state index in [9.17, 15) is 9.59 Å². The molecule has 0 aliphatic heterocycles. The van der Waals surface area contributed by atoms with E-state index in [2.05, 4.69) is 4.98 Å². The number of amides is 1. The van der Waals surface area contributed by atoms with Crippen LogP contribution in [0.15, 0.2) is 53.9 Å². The molecule has 2 heterocycles. The molecular formula is C26H23N3O4S. The summed E-state index contributed by atoms with van der Waals surface area (Å²) in [5.41, 5.74) is 4.56. The topological polar surface area (TPSA) is 81.6 Å². The minimum absolute atomic E-state index is 0.0123. The van der Waals surface area contributed by atoms with Crippen molar-refractivity contribution in [3.63, 3.8) is 0 Å². The minimum Gasteiger partial charge on any atom is -0.495 e. The molecule has 0 atom stereocenters. The van der Waals surface area contributed by atoms with E-state index in [1.165, 1.54) is 23.2 Å². The Bertz CT molecular complexity index is 1400. The number of esters is 1. The molecule has 1 aliphatic carbocycles. The van der Waals surface area contributed by atoms with Gasteiger partial charge in [0.25, 0.3) is 0 Å². The SMILES string of the molecule is COc1ccccc1N(C(C)=O)c1nc(COC(=O)c2c3c(nc4ccccc24)CCC3)cs1. The van der Waals surface area contributed by atoms with Gasteiger partial charge < -0.3 is 9.47 Å². The molecule has 5 rings (SSSR count). The number of rotatable bonds is 6. The summed E-state index contributed by atoms with van der Waals surface area (Å²) in [6, 6.07) is 14.9. The summed E-state index contributed by atoms with van der Waals surface area (Å²) in [5, 5.41) is 3.09. The van der Waals surface area contributed by atoms with Crippen LogP contribution in [0.4, 0.5) is 10.8 Å². The van der Waals surface area contributed by atoms with Crippen molar-refractivity contribution in [3.8, 4) is 5.75 Å². The number of aryl methyl sites for hydroxylation is 1. The van der Waals surface area contributed by atoms with E-state index in [4.69, 9.17) is 14.5 Å². The van der Waals surface area contributed by atoms with Crippen molar-refractivity contribution in [2.75, 3.05) is 12.0 Å². The Hall–Kier alpha value is -3.78. The van der Waals surface area contributed by atoms with Crippen molar-refractivity contribution in [1.82, 2.24) is 9.97 Å². The number of methoxy groups -OCH3 is 1. The first-order valence-corrected chi connectivity index (χ1v) is 11.9. The van der Waals surface area contributed by atoms with Crippen LogP contribution in [0.3, 0.4) is 0 Å². The number of hydrogen-bond acceptors (Lipinski definition) is 7. The largest absolute Gasteiger partial charge is 0.495 e. The second-order valence-electron chi connectivity index (χ2n) is 8.01. The maximum absolute atomic E-state index is 13.2. The molecule has 0 spiro atoms. The number of para-hydroxylation sites is 3. The van der Waals surface area contributed by atoms with Gasteiger partial charge in [0.05, 0.1) is 29.6 Å². The predicted octanol–water partition coefficient (Wildman–Crippen LogP) is 5.23. The number of nitrogens with zero attached hydrogens (tertiary/aromatic N) is 3. The summed E-state index contributed by atoms with van der Waals surface area (Å²) in [6.07, 6.45) is 2.68. The van der Waals surface area contributed by atoms with Crippen molar-refractivity contribution in [2.24, 2.45) is 0 Å². The molecule has 0 fully saturated rings. The van der Waals surface area contributed by atoms with Gasteiger partial charge in [-0.25, -0.2) is 9.78 Å². The Morgan fingerprint density at radius 1 is 1.06 bits per heavy atom. The van der Waals surface area contributed by atoms with Gasteiger partial charge in [0.15, 0.2) is 5.13 Å². The van der Waals surface area contributed by atoms with Crippen LogP contribution < -0.4 is 9.64 Å². The Morgan fingerprint density at radius 3 is 2.68 bits per heavy atom. The summed E-state index contributed by atoms with van der Waals surface area (Å²) in [7, 11) is 1.56. The molecule has 1 amide bonds. The molecule has 34 heavy (non-hydrogen) atoms. The zero-order chi connectivity index (χ0) is 23.7. The van der Waals surface area contributed by atoms with Crippen molar-refractivity contribution < 1.29 is 19.1 Å². The zero-order valence-corrected chi connectivity index (χ0v) is 19.7. The number of anilines is 2. The monoisotopic (exact) mass is 473 g/mol. The molecule has 0 saturated carbocycles. The first-order valence-electron chi connectivity index (χ1n) is 11.0. The number of hydrogen-bond donors (Lipinski definition) is 0. The van der Waals surface area contributed by atoms with Crippen LogP contribution in [0, 0.1) is 0 Å². The van der Waals surface area contributed by atoms with Crippen LogP contribution in [-0.2, 0) is 29.0 Å². The third-order valence-electron chi connectivity index (χ3n) is 5.85. The van der Waals surface area contributed by atoms with Crippen LogP contribution in [-0.4, -0.2) is 29.0 Å². The Kier molecular flexibility index (Phi) is 5.98. The number of benzene rings is 2. The molecular weight excluding hydrogens is 450 g/mol. The minimum atomic E-state index is -0.376. The molecule has 0 N–H and O–H groups in total. The average Bonchev–Trinajstić information content (AvgIpc) is 3.50. The Morgan fingerprint density at radius 2 is 1.85 bits per heavy atom. The van der Waals surface area contributed by atoms with Crippen LogP contribution in [0.5, 0.6) is 5.75 Å². The van der Waals surface area contributed by atoms with Gasteiger partial charge in [-0.3, -0.25) is 14.7 Å². The maximum Gasteiger partial charge on any atom is 0.339 e. The molecule has 4 aromatic rings. The fraction of sp³-hybridized carbons (Fsp3) is 0.231. The van der Waals surface area contributed by atoms with Gasteiger partial charge in [-0.1, -0.05) is 30.3 Å². The van der Waals surface area contributed by atoms with Crippen LogP contribution in [0.2, 0.25) is 0 Å². The third-order valence-corrected chi connectivity index (χ3v) is 6.72. The van der Waals surface area contributed by atoms with Crippen LogP contribution in [0.25, 0.3) is 10.9 Å². The molecule has 7 nitrogen and oxygen atoms in total. The molecule has 0 saturated heterocycles. The molecule has 0 radical (unpaired) electrons. The second-order valence-corrected chi connectivity index (χ2v) is 8.84. The summed E-state index contributed by atoms with van der Waals surface area (Å²) < 4.78 is 11.1. The third kappa shape index (κ3) is 4.01. The van der Waals surface area contributed by atoms with Crippen LogP contribution >= 0.6 is 11.3 Å². The molecule has 0 unspecified atom stereocenters. The molecule has 8 heteroatoms. The van der Waals surface area contributed by atoms with Gasteiger partial charge in [-0.2, -0.15) is 0 Å². The van der Waals surface area contributed by atoms with E-state index < -0.39 is 0 Å². The summed E-state index contributed by atoms with van der Waals surface area (Å²) >= 11 is 1.31. The van der Waals surface area contributed by atoms with Gasteiger partial charge >= 0.3 is 5.97 Å². The predicted molar refractivity (Wildman–Crippen MR) is 131 cm³/mol. The molecule has 1 aliphatic rings. The number of pyridine rings is 1. The standard InChI is InChI=1S/C26H23N3O4S/c1-16(30)29(22-12-5-6-13-23(22)32-2)26-27-17(15-34-26)14-33-25(31)24-18-8-3-4-10-20(18)28-21-11-7-9-19(21)24/h3-6,8,10,12-13,15H,7,9,11,14H2,1-2H3. The second kappa shape index (κ2) is 9.23. The fourth-order valence-electron chi connectivity index (χ4n) is 4.34. The zero-order valence-electron chi connectivity index (χ0n) is 18.9. The highest BCUT2D eigenvalue weighted by Crippen LogP contribution is 2.36. The molecule has 2 aromatic heterocycles. The van der Waals surface area contributed by atoms with E-state index >= 15 is 0 Å². The summed E-state index contributed by atoms with van der Waals surface area (Å²) in [4.78, 5) is 36.4. The van der Waals surface area contributed by atoms with Crippen molar-refractivity contribution in [2.45, 2.75) is 32.8 Å². The van der Waals surface area contributed by atoms with E-state index in [1.54, 1.807) is 24.6 Å². The van der Waals surface area contributed by atoms with Gasteiger partial charge in [-0.05, 0) is 43.0 Å². The van der Waals surface area contributed by atoms with Crippen LogP contribution in [0.1, 0.15) is 40.7 Å². The Balaban J connectivity index is 1.39. The highest BCUT2D eigenvalue weighted by molar-refractivity contribution is 7.14. The lowest BCUT2D eigenvalue weighted by Gasteiger charge is -2.20. The fourth-order valence-corrected chi connectivity index (χ4v) is 5.21. The molecule has 0 bridgehead atoms. The first kappa shape index (κ1) is 22.0. The van der Waals surface area contributed by atoms with Crippen molar-refractivity contribution in [3.05, 3.63) is 76.4 Å². The van der Waals surface area contributed by atoms with Crippen molar-refractivity contribution in [1.29, 1.82) is 0 Å². The lowest BCUT2D eigenvalue weighted by molar-refractivity contribution is -0.115. The number of fused-ring (bicyclic) bond motifs is 2. The van der Waals surface area contributed by atoms with Gasteiger partial charge in [0, 0.05) is 23.4 Å². The lowest BCUT2D eigenvalue weighted by Crippen LogP contribution is -2.23. The highest BCUT2D eigenvalue weighted by Gasteiger charge is 2.25. The highest BCUT2D eigenvalue weighted by atomic mass is 32.1. The summed E-state index contributed by atoms with van der Waals surface area (Å²) in [6.45, 7) is 1.49. The average molecular weight is 474 g/mol.